The molecule has 0 fully saturated rings. The maximum absolute atomic E-state index is 12.2. The third kappa shape index (κ3) is 6.02. The summed E-state index contributed by atoms with van der Waals surface area (Å²) in [6.07, 6.45) is 1.40. The van der Waals surface area contributed by atoms with Gasteiger partial charge in [0.1, 0.15) is 5.02 Å². The second-order valence-corrected chi connectivity index (χ2v) is 5.67. The van der Waals surface area contributed by atoms with Gasteiger partial charge in [-0.2, -0.15) is 4.74 Å². The minimum absolute atomic E-state index is 0. The molecule has 8 heteroatoms. The van der Waals surface area contributed by atoms with Gasteiger partial charge in [-0.05, 0) is 36.5 Å². The first-order chi connectivity index (χ1) is 10.5. The molecule has 0 unspecified atom stereocenters. The normalized spacial score (nSPS) is 10.7. The van der Waals surface area contributed by atoms with Crippen LogP contribution in [0.15, 0.2) is 42.5 Å². The number of thiocarbonyl (C=S) groups is 1. The molecule has 2 aromatic rings. The number of hydrogen-bond donors (Lipinski definition) is 1. The molecule has 0 saturated heterocycles. The average Bonchev–Trinajstić information content (AvgIpc) is 2.48. The number of ether oxygens (including phenoxy) is 2. The van der Waals surface area contributed by atoms with Gasteiger partial charge in [0.25, 0.3) is 0 Å². The Morgan fingerprint density at radius 1 is 1.26 bits per heavy atom. The quantitative estimate of drug-likeness (QED) is 0.163. The summed E-state index contributed by atoms with van der Waals surface area (Å²) in [5.41, 5.74) is 0.990. The van der Waals surface area contributed by atoms with Gasteiger partial charge >= 0.3 is 0 Å². The first kappa shape index (κ1) is 20.9. The summed E-state index contributed by atoms with van der Waals surface area (Å²) in [6, 6.07) is 11.8. The Labute approximate surface area is 192 Å². The molecule has 0 bridgehead atoms. The minimum Gasteiger partial charge on any atom is -0.618 e. The van der Waals surface area contributed by atoms with Gasteiger partial charge in [-0.15, -0.1) is 0 Å². The molecule has 0 N–H and O–H groups in total. The molecule has 0 amide bonds. The van der Waals surface area contributed by atoms with Crippen LogP contribution in [0, 0.1) is 5.21 Å². The van der Waals surface area contributed by atoms with Gasteiger partial charge in [-0.25, -0.2) is 0 Å². The zero-order valence-electron chi connectivity index (χ0n) is 12.5. The van der Waals surface area contributed by atoms with Crippen molar-refractivity contribution in [3.8, 4) is 11.5 Å². The zero-order chi connectivity index (χ0) is 16.1. The molecule has 4 nitrogen and oxygen atoms in total. The molecule has 1 radical (unpaired) electrons. The van der Waals surface area contributed by atoms with E-state index in [-0.39, 0.29) is 55.8 Å². The Bertz CT molecular complexity index is 740. The van der Waals surface area contributed by atoms with Crippen LogP contribution in [0.25, 0.3) is 0 Å². The summed E-state index contributed by atoms with van der Waals surface area (Å²) < 4.78 is 11.2. The molecule has 0 atom stereocenters. The Kier molecular flexibility index (Phi) is 9.10. The van der Waals surface area contributed by atoms with E-state index in [0.29, 0.717) is 32.5 Å². The van der Waals surface area contributed by atoms with Gasteiger partial charge in [0.05, 0.1) is 7.11 Å². The molecular formula is C15H12ClKNO3S2. The Balaban J connectivity index is 0.00000264. The van der Waals surface area contributed by atoms with Crippen molar-refractivity contribution in [3.63, 3.8) is 0 Å². The van der Waals surface area contributed by atoms with Gasteiger partial charge in [-0.1, -0.05) is 36.4 Å². The van der Waals surface area contributed by atoms with E-state index in [4.69, 9.17) is 33.3 Å². The van der Waals surface area contributed by atoms with Crippen molar-refractivity contribution in [2.45, 2.75) is 0 Å². The molecule has 115 valence electrons. The van der Waals surface area contributed by atoms with Crippen LogP contribution >= 0.6 is 36.4 Å². The summed E-state index contributed by atoms with van der Waals surface area (Å²) in [7, 11) is 1.50. The minimum atomic E-state index is 0. The van der Waals surface area contributed by atoms with Crippen LogP contribution < -0.4 is 9.47 Å². The van der Waals surface area contributed by atoms with Gasteiger partial charge in [-0.3, -0.25) is 0 Å². The van der Waals surface area contributed by atoms with Crippen LogP contribution in [0.1, 0.15) is 5.56 Å². The second kappa shape index (κ2) is 10.0. The van der Waals surface area contributed by atoms with Crippen LogP contribution in [0.3, 0.4) is 0 Å². The van der Waals surface area contributed by atoms with Gasteiger partial charge < -0.3 is 14.7 Å². The monoisotopic (exact) mass is 392 g/mol. The first-order valence-corrected chi connectivity index (χ1v) is 7.39. The number of nitrogens with zero attached hydrogens (tertiary/aromatic N) is 1. The van der Waals surface area contributed by atoms with E-state index in [1.54, 1.807) is 42.5 Å². The fraction of sp³-hybridized carbons (Fsp3) is 0.0667. The predicted molar refractivity (Wildman–Crippen MR) is 101 cm³/mol. The average molecular weight is 393 g/mol. The van der Waals surface area contributed by atoms with E-state index in [2.05, 4.69) is 12.6 Å². The van der Waals surface area contributed by atoms with Crippen LogP contribution in [-0.4, -0.2) is 73.8 Å². The van der Waals surface area contributed by atoms with Crippen molar-refractivity contribution >= 4 is 104 Å². The third-order valence-corrected chi connectivity index (χ3v) is 3.24. The molecular weight excluding hydrogens is 381 g/mol. The van der Waals surface area contributed by atoms with Crippen molar-refractivity contribution in [1.29, 1.82) is 0 Å². The van der Waals surface area contributed by atoms with E-state index < -0.39 is 0 Å². The fourth-order valence-corrected chi connectivity index (χ4v) is 2.19. The molecule has 0 aliphatic rings. The summed E-state index contributed by atoms with van der Waals surface area (Å²) in [6.45, 7) is 0. The number of benzene rings is 2. The predicted octanol–water partition coefficient (Wildman–Crippen LogP) is 3.82. The summed E-state index contributed by atoms with van der Waals surface area (Å²) in [5, 5.41) is 12.5. The number of methoxy groups -OCH3 is 1. The molecule has 0 aliphatic carbocycles. The topological polar surface area (TPSA) is 44.5 Å². The van der Waals surface area contributed by atoms with E-state index in [1.807, 2.05) is 0 Å². The van der Waals surface area contributed by atoms with E-state index in [9.17, 15) is 5.21 Å². The smallest absolute Gasteiger partial charge is 0.235 e. The summed E-state index contributed by atoms with van der Waals surface area (Å²) in [5.74, 6) is 0.868. The van der Waals surface area contributed by atoms with Crippen LogP contribution in [0.5, 0.6) is 11.5 Å². The van der Waals surface area contributed by atoms with Crippen molar-refractivity contribution in [1.82, 2.24) is 0 Å². The fourth-order valence-electron chi connectivity index (χ4n) is 1.78. The van der Waals surface area contributed by atoms with Crippen molar-refractivity contribution in [2.24, 2.45) is 0 Å². The Morgan fingerprint density at radius 3 is 2.57 bits per heavy atom. The number of hydrogen-bond acceptors (Lipinski definition) is 4. The standard InChI is InChI=1S/C15H12ClNO3S2.K/c1-19-14-8-10(6-7-13(14)20-15(21)22)9-17(18)12-5-3-2-4-11(12)16;/h2-9H,1H3,(H,21,22);/b17-9-;. The maximum Gasteiger partial charge on any atom is 0.235 e. The second-order valence-electron chi connectivity index (χ2n) is 4.18. The molecule has 23 heavy (non-hydrogen) atoms. The molecule has 0 aliphatic heterocycles. The van der Waals surface area contributed by atoms with E-state index in [1.165, 1.54) is 13.3 Å². The van der Waals surface area contributed by atoms with Gasteiger partial charge in [0.2, 0.25) is 10.1 Å². The van der Waals surface area contributed by atoms with Crippen LogP contribution in [0.4, 0.5) is 5.69 Å². The van der Waals surface area contributed by atoms with Crippen molar-refractivity contribution < 1.29 is 14.2 Å². The number of rotatable bonds is 4. The molecule has 0 spiro atoms. The number of halogens is 1. The van der Waals surface area contributed by atoms with Crippen LogP contribution in [0.2, 0.25) is 5.02 Å². The zero-order valence-corrected chi connectivity index (χ0v) is 18.1. The molecule has 0 heterocycles. The van der Waals surface area contributed by atoms with Crippen molar-refractivity contribution in [3.05, 3.63) is 58.3 Å². The summed E-state index contributed by atoms with van der Waals surface area (Å²) >= 11 is 14.7. The van der Waals surface area contributed by atoms with E-state index in [0.717, 1.165) is 0 Å². The van der Waals surface area contributed by atoms with Gasteiger partial charge in [0.15, 0.2) is 17.7 Å². The molecule has 0 aromatic heterocycles. The Morgan fingerprint density at radius 2 is 1.96 bits per heavy atom. The molecule has 0 saturated carbocycles. The maximum atomic E-state index is 12.2. The molecule has 2 rings (SSSR count). The summed E-state index contributed by atoms with van der Waals surface area (Å²) in [4.78, 5) is 0. The first-order valence-electron chi connectivity index (χ1n) is 6.16. The van der Waals surface area contributed by atoms with E-state index >= 15 is 0 Å². The number of thiol groups is 1. The number of para-hydroxylation sites is 1. The Hall–Kier alpha value is -0.124. The largest absolute Gasteiger partial charge is 0.618 e. The third-order valence-electron chi connectivity index (χ3n) is 2.74. The van der Waals surface area contributed by atoms with Crippen LogP contribution in [-0.2, 0) is 0 Å². The molecule has 2 aromatic carbocycles. The van der Waals surface area contributed by atoms with Crippen molar-refractivity contribution in [2.75, 3.05) is 7.11 Å². The SMILES string of the molecule is COc1cc(/C=[N+](\[O-])c2ccccc2Cl)ccc1OC(=S)S.[K]. The van der Waals surface area contributed by atoms with Gasteiger partial charge in [0, 0.05) is 63.0 Å².